The quantitative estimate of drug-likeness (QED) is 0.544. The number of allylic oxidation sites excluding steroid dienone is 1. The molecule has 1 saturated heterocycles. The van der Waals surface area contributed by atoms with Crippen LogP contribution in [0, 0.1) is 5.92 Å². The summed E-state index contributed by atoms with van der Waals surface area (Å²) in [5.41, 5.74) is 3.05. The van der Waals surface area contributed by atoms with E-state index in [-0.39, 0.29) is 12.1 Å². The number of ether oxygens (including phenoxy) is 1. The van der Waals surface area contributed by atoms with Gasteiger partial charge in [0, 0.05) is 28.8 Å². The van der Waals surface area contributed by atoms with Gasteiger partial charge in [-0.05, 0) is 69.2 Å². The zero-order valence-electron chi connectivity index (χ0n) is 17.0. The van der Waals surface area contributed by atoms with Gasteiger partial charge in [0.05, 0.1) is 6.04 Å². The van der Waals surface area contributed by atoms with Crippen LogP contribution in [0.15, 0.2) is 39.9 Å². The number of fused-ring (bicyclic) bond motifs is 1. The molecule has 1 aromatic rings. The highest BCUT2D eigenvalue weighted by molar-refractivity contribution is 9.10. The molecule has 0 aromatic heterocycles. The van der Waals surface area contributed by atoms with E-state index in [1.807, 2.05) is 31.9 Å². The summed E-state index contributed by atoms with van der Waals surface area (Å²) in [6.45, 7) is 5.82. The molecule has 0 spiro atoms. The van der Waals surface area contributed by atoms with Crippen molar-refractivity contribution >= 4 is 33.3 Å². The van der Waals surface area contributed by atoms with Crippen LogP contribution in [0.1, 0.15) is 64.9 Å². The van der Waals surface area contributed by atoms with Crippen molar-refractivity contribution in [2.24, 2.45) is 10.9 Å². The van der Waals surface area contributed by atoms with Crippen LogP contribution in [0.5, 0.6) is 0 Å². The molecule has 1 aliphatic carbocycles. The Balaban J connectivity index is 1.53. The fourth-order valence-electron chi connectivity index (χ4n) is 4.83. The fourth-order valence-corrected chi connectivity index (χ4v) is 5.09. The molecular formula is C23H29BrN2O2. The molecule has 4 rings (SSSR count). The third-order valence-electron chi connectivity index (χ3n) is 6.05. The van der Waals surface area contributed by atoms with E-state index in [1.165, 1.54) is 30.4 Å². The molecule has 1 saturated carbocycles. The first-order chi connectivity index (χ1) is 13.3. The summed E-state index contributed by atoms with van der Waals surface area (Å²) in [5.74, 6) is 0.575. The molecule has 1 amide bonds. The molecule has 28 heavy (non-hydrogen) atoms. The second kappa shape index (κ2) is 7.66. The van der Waals surface area contributed by atoms with Crippen LogP contribution in [0.3, 0.4) is 0 Å². The molecule has 150 valence electrons. The Hall–Kier alpha value is -1.62. The van der Waals surface area contributed by atoms with E-state index in [0.29, 0.717) is 12.0 Å². The van der Waals surface area contributed by atoms with Gasteiger partial charge in [-0.15, -0.1) is 0 Å². The molecule has 0 unspecified atom stereocenters. The Kier molecular flexibility index (Phi) is 5.38. The van der Waals surface area contributed by atoms with E-state index >= 15 is 0 Å². The maximum absolute atomic E-state index is 13.1. The summed E-state index contributed by atoms with van der Waals surface area (Å²) in [5, 5.41) is 0. The van der Waals surface area contributed by atoms with E-state index in [9.17, 15) is 4.79 Å². The maximum atomic E-state index is 13.1. The first-order valence-corrected chi connectivity index (χ1v) is 11.1. The minimum Gasteiger partial charge on any atom is -0.444 e. The third-order valence-corrected chi connectivity index (χ3v) is 6.58. The lowest BCUT2D eigenvalue weighted by molar-refractivity contribution is 0.0148. The number of aliphatic imine (C=N–C) groups is 1. The van der Waals surface area contributed by atoms with Gasteiger partial charge >= 0.3 is 6.09 Å². The van der Waals surface area contributed by atoms with Crippen LogP contribution in [0.25, 0.3) is 5.57 Å². The summed E-state index contributed by atoms with van der Waals surface area (Å²) in [6, 6.07) is 8.72. The van der Waals surface area contributed by atoms with Gasteiger partial charge < -0.3 is 4.74 Å². The number of rotatable bonds is 2. The summed E-state index contributed by atoms with van der Waals surface area (Å²) in [7, 11) is 0. The minimum atomic E-state index is -0.479. The number of hydrogen-bond donors (Lipinski definition) is 0. The summed E-state index contributed by atoms with van der Waals surface area (Å²) in [4.78, 5) is 19.9. The molecule has 1 aromatic carbocycles. The average molecular weight is 445 g/mol. The van der Waals surface area contributed by atoms with Gasteiger partial charge in [-0.1, -0.05) is 40.9 Å². The molecule has 3 atom stereocenters. The molecule has 0 bridgehead atoms. The molecular weight excluding hydrogens is 416 g/mol. The molecule has 2 fully saturated rings. The Morgan fingerprint density at radius 1 is 1.18 bits per heavy atom. The number of hydrogen-bond acceptors (Lipinski definition) is 3. The Bertz CT molecular complexity index is 807. The van der Waals surface area contributed by atoms with Crippen molar-refractivity contribution in [3.8, 4) is 0 Å². The number of amides is 1. The minimum absolute atomic E-state index is 0.0622. The lowest BCUT2D eigenvalue weighted by atomic mass is 9.84. The van der Waals surface area contributed by atoms with Crippen LogP contribution >= 0.6 is 15.9 Å². The Morgan fingerprint density at radius 3 is 2.61 bits per heavy atom. The topological polar surface area (TPSA) is 41.9 Å². The van der Waals surface area contributed by atoms with Crippen molar-refractivity contribution in [1.82, 2.24) is 4.90 Å². The van der Waals surface area contributed by atoms with E-state index in [2.05, 4.69) is 40.2 Å². The van der Waals surface area contributed by atoms with Crippen LogP contribution in [-0.4, -0.2) is 34.4 Å². The highest BCUT2D eigenvalue weighted by Crippen LogP contribution is 2.42. The molecule has 0 N–H and O–H groups in total. The van der Waals surface area contributed by atoms with Crippen molar-refractivity contribution in [2.75, 3.05) is 0 Å². The largest absolute Gasteiger partial charge is 0.444 e. The third kappa shape index (κ3) is 4.05. The SMILES string of the molecule is CC(C)(C)OC(=O)N1[C@H](C2=NC=C(c3ccc(Br)cc3)C2)C[C@@H]2CCCC[C@@H]21. The summed E-state index contributed by atoms with van der Waals surface area (Å²) < 4.78 is 6.87. The van der Waals surface area contributed by atoms with E-state index in [0.717, 1.165) is 29.4 Å². The average Bonchev–Trinajstić information content (AvgIpc) is 3.25. The fraction of sp³-hybridized carbons (Fsp3) is 0.565. The maximum Gasteiger partial charge on any atom is 0.411 e. The van der Waals surface area contributed by atoms with Crippen LogP contribution < -0.4 is 0 Å². The summed E-state index contributed by atoms with van der Waals surface area (Å²) >= 11 is 3.50. The monoisotopic (exact) mass is 444 g/mol. The van der Waals surface area contributed by atoms with Crippen molar-refractivity contribution < 1.29 is 9.53 Å². The van der Waals surface area contributed by atoms with E-state index in [4.69, 9.17) is 9.73 Å². The van der Waals surface area contributed by atoms with Gasteiger partial charge in [-0.2, -0.15) is 0 Å². The predicted molar refractivity (Wildman–Crippen MR) is 116 cm³/mol. The van der Waals surface area contributed by atoms with Gasteiger partial charge in [-0.25, -0.2) is 4.79 Å². The number of benzene rings is 1. The lowest BCUT2D eigenvalue weighted by Crippen LogP contribution is -2.48. The molecule has 4 nitrogen and oxygen atoms in total. The number of carbonyl (C=O) groups is 1. The van der Waals surface area contributed by atoms with Gasteiger partial charge in [0.2, 0.25) is 0 Å². The van der Waals surface area contributed by atoms with Crippen LogP contribution in [0.2, 0.25) is 0 Å². The first-order valence-electron chi connectivity index (χ1n) is 10.3. The second-order valence-electron chi connectivity index (χ2n) is 9.21. The van der Waals surface area contributed by atoms with Crippen molar-refractivity contribution in [2.45, 2.75) is 77.0 Å². The standard InChI is InChI=1S/C23H29BrN2O2/c1-23(2,3)28-22(27)26-20-7-5-4-6-16(20)13-21(26)19-12-17(14-25-19)15-8-10-18(24)11-9-15/h8-11,14,16,20-21H,4-7,12-13H2,1-3H3/t16-,20-,21-/m0/s1. The highest BCUT2D eigenvalue weighted by atomic mass is 79.9. The van der Waals surface area contributed by atoms with E-state index < -0.39 is 5.60 Å². The van der Waals surface area contributed by atoms with Gasteiger partial charge in [-0.3, -0.25) is 9.89 Å². The summed E-state index contributed by atoms with van der Waals surface area (Å²) in [6.07, 6.45) is 8.39. The number of halogens is 1. The molecule has 2 aliphatic heterocycles. The van der Waals surface area contributed by atoms with Gasteiger partial charge in [0.1, 0.15) is 5.60 Å². The normalized spacial score (nSPS) is 27.3. The van der Waals surface area contributed by atoms with Gasteiger partial charge in [0.15, 0.2) is 0 Å². The number of carbonyl (C=O) groups excluding carboxylic acids is 1. The van der Waals surface area contributed by atoms with Crippen molar-refractivity contribution in [3.63, 3.8) is 0 Å². The lowest BCUT2D eigenvalue weighted by Gasteiger charge is -2.35. The smallest absolute Gasteiger partial charge is 0.411 e. The first kappa shape index (κ1) is 19.7. The molecule has 3 aliphatic rings. The molecule has 2 heterocycles. The number of likely N-dealkylation sites (tertiary alicyclic amines) is 1. The number of nitrogens with zero attached hydrogens (tertiary/aromatic N) is 2. The molecule has 5 heteroatoms. The second-order valence-corrected chi connectivity index (χ2v) is 10.1. The Morgan fingerprint density at radius 2 is 1.89 bits per heavy atom. The molecule has 0 radical (unpaired) electrons. The van der Waals surface area contributed by atoms with Crippen LogP contribution in [-0.2, 0) is 4.74 Å². The van der Waals surface area contributed by atoms with Gasteiger partial charge in [0.25, 0.3) is 0 Å². The zero-order chi connectivity index (χ0) is 19.9. The van der Waals surface area contributed by atoms with E-state index in [1.54, 1.807) is 0 Å². The van der Waals surface area contributed by atoms with Crippen LogP contribution in [0.4, 0.5) is 4.79 Å². The van der Waals surface area contributed by atoms with Crippen molar-refractivity contribution in [3.05, 3.63) is 40.5 Å². The Labute approximate surface area is 176 Å². The predicted octanol–water partition coefficient (Wildman–Crippen LogP) is 6.20. The van der Waals surface area contributed by atoms with Crippen molar-refractivity contribution in [1.29, 1.82) is 0 Å². The highest BCUT2D eigenvalue weighted by Gasteiger charge is 2.48. The zero-order valence-corrected chi connectivity index (χ0v) is 18.5.